The Morgan fingerprint density at radius 3 is 2.15 bits per heavy atom. The summed E-state index contributed by atoms with van der Waals surface area (Å²) in [5, 5.41) is 2.64. The van der Waals surface area contributed by atoms with Crippen molar-refractivity contribution in [2.45, 2.75) is 77.7 Å². The zero-order chi connectivity index (χ0) is 19.9. The summed E-state index contributed by atoms with van der Waals surface area (Å²) in [6.07, 6.45) is -0.609. The van der Waals surface area contributed by atoms with E-state index in [0.717, 1.165) is 5.56 Å². The third-order valence-electron chi connectivity index (χ3n) is 3.68. The Hall–Kier alpha value is -2.08. The second kappa shape index (κ2) is 9.57. The molecule has 0 heterocycles. The number of esters is 1. The Balaban J connectivity index is 2.98. The molecule has 3 N–H and O–H groups in total. The summed E-state index contributed by atoms with van der Waals surface area (Å²) in [5.41, 5.74) is 6.51. The summed E-state index contributed by atoms with van der Waals surface area (Å²) in [7, 11) is 0. The van der Waals surface area contributed by atoms with Gasteiger partial charge in [-0.1, -0.05) is 30.3 Å². The molecule has 0 radical (unpaired) electrons. The molecule has 146 valence electrons. The van der Waals surface area contributed by atoms with E-state index in [4.69, 9.17) is 15.2 Å². The molecule has 6 heteroatoms. The molecule has 26 heavy (non-hydrogen) atoms. The molecule has 0 spiro atoms. The van der Waals surface area contributed by atoms with Crippen LogP contribution in [0.1, 0.15) is 59.4 Å². The molecule has 6 nitrogen and oxygen atoms in total. The van der Waals surface area contributed by atoms with Gasteiger partial charge in [-0.3, -0.25) is 0 Å². The van der Waals surface area contributed by atoms with Crippen molar-refractivity contribution in [3.05, 3.63) is 35.9 Å². The van der Waals surface area contributed by atoms with Gasteiger partial charge in [-0.05, 0) is 53.5 Å². The van der Waals surface area contributed by atoms with E-state index in [-0.39, 0.29) is 18.1 Å². The number of ether oxygens (including phenoxy) is 2. The van der Waals surface area contributed by atoms with E-state index in [1.807, 2.05) is 37.3 Å². The van der Waals surface area contributed by atoms with Crippen LogP contribution in [0.3, 0.4) is 0 Å². The van der Waals surface area contributed by atoms with Crippen LogP contribution in [-0.4, -0.2) is 35.9 Å². The Kier molecular flexibility index (Phi) is 8.08. The van der Waals surface area contributed by atoms with E-state index < -0.39 is 23.7 Å². The molecule has 3 atom stereocenters. The van der Waals surface area contributed by atoms with Crippen molar-refractivity contribution in [2.24, 2.45) is 5.73 Å². The van der Waals surface area contributed by atoms with E-state index in [2.05, 4.69) is 5.32 Å². The number of amides is 1. The summed E-state index contributed by atoms with van der Waals surface area (Å²) in [5.74, 6) is -0.608. The molecule has 0 aliphatic carbocycles. The Morgan fingerprint density at radius 1 is 1.12 bits per heavy atom. The van der Waals surface area contributed by atoms with Gasteiger partial charge in [-0.2, -0.15) is 0 Å². The minimum absolute atomic E-state index is 0.115. The summed E-state index contributed by atoms with van der Waals surface area (Å²) in [6.45, 7) is 10.7. The fourth-order valence-electron chi connectivity index (χ4n) is 2.59. The lowest BCUT2D eigenvalue weighted by molar-refractivity contribution is -0.150. The van der Waals surface area contributed by atoms with Crippen molar-refractivity contribution >= 4 is 12.1 Å². The molecule has 1 amide bonds. The first-order valence-corrected chi connectivity index (χ1v) is 9.00. The fourth-order valence-corrected chi connectivity index (χ4v) is 2.59. The van der Waals surface area contributed by atoms with E-state index in [1.165, 1.54) is 0 Å². The van der Waals surface area contributed by atoms with Crippen molar-refractivity contribution in [1.82, 2.24) is 5.32 Å². The molecule has 0 saturated carbocycles. The van der Waals surface area contributed by atoms with E-state index >= 15 is 0 Å². The highest BCUT2D eigenvalue weighted by Crippen LogP contribution is 2.25. The zero-order valence-corrected chi connectivity index (χ0v) is 16.6. The second-order valence-corrected chi connectivity index (χ2v) is 7.80. The van der Waals surface area contributed by atoms with Gasteiger partial charge in [-0.25, -0.2) is 9.59 Å². The first-order valence-electron chi connectivity index (χ1n) is 9.00. The molecule has 1 unspecified atom stereocenters. The average molecular weight is 364 g/mol. The molecule has 0 fully saturated rings. The van der Waals surface area contributed by atoms with Crippen LogP contribution in [0.4, 0.5) is 4.79 Å². The lowest BCUT2D eigenvalue weighted by atomic mass is 9.87. The Morgan fingerprint density at radius 2 is 1.69 bits per heavy atom. The van der Waals surface area contributed by atoms with Gasteiger partial charge in [0.15, 0.2) is 0 Å². The van der Waals surface area contributed by atoms with Gasteiger partial charge in [-0.15, -0.1) is 0 Å². The van der Waals surface area contributed by atoms with Crippen LogP contribution in [0.25, 0.3) is 0 Å². The summed E-state index contributed by atoms with van der Waals surface area (Å²) in [6, 6.07) is 8.65. The molecule has 0 saturated heterocycles. The van der Waals surface area contributed by atoms with Crippen LogP contribution in [-0.2, 0) is 14.3 Å². The normalized spacial score (nSPS) is 15.1. The number of nitrogens with two attached hydrogens (primary N) is 1. The van der Waals surface area contributed by atoms with Gasteiger partial charge in [0.25, 0.3) is 0 Å². The van der Waals surface area contributed by atoms with E-state index in [0.29, 0.717) is 6.42 Å². The molecule has 0 aliphatic heterocycles. The molecule has 0 bridgehead atoms. The number of benzene rings is 1. The monoisotopic (exact) mass is 364 g/mol. The highest BCUT2D eigenvalue weighted by atomic mass is 16.6. The maximum Gasteiger partial charge on any atom is 0.408 e. The minimum Gasteiger partial charge on any atom is -0.461 e. The second-order valence-electron chi connectivity index (χ2n) is 7.80. The third kappa shape index (κ3) is 7.87. The zero-order valence-electron chi connectivity index (χ0n) is 16.6. The largest absolute Gasteiger partial charge is 0.461 e. The predicted octanol–water partition coefficient (Wildman–Crippen LogP) is 3.35. The SMILES string of the molecule is CC(C)OC(=O)[C@@H](CC(c1ccccc1)[C@@H](C)N)NC(=O)OC(C)(C)C. The number of rotatable bonds is 7. The molecule has 1 aromatic carbocycles. The number of carbonyl (C=O) groups is 2. The smallest absolute Gasteiger partial charge is 0.408 e. The Labute approximate surface area is 156 Å². The quantitative estimate of drug-likeness (QED) is 0.724. The number of hydrogen-bond acceptors (Lipinski definition) is 5. The lowest BCUT2D eigenvalue weighted by Crippen LogP contribution is -2.46. The highest BCUT2D eigenvalue weighted by molar-refractivity contribution is 5.81. The van der Waals surface area contributed by atoms with Crippen LogP contribution >= 0.6 is 0 Å². The van der Waals surface area contributed by atoms with Crippen LogP contribution < -0.4 is 11.1 Å². The first kappa shape index (κ1) is 22.0. The first-order chi connectivity index (χ1) is 12.0. The molecule has 0 aliphatic rings. The average Bonchev–Trinajstić information content (AvgIpc) is 2.49. The molecular formula is C20H32N2O4. The predicted molar refractivity (Wildman–Crippen MR) is 102 cm³/mol. The molecule has 1 rings (SSSR count). The fraction of sp³-hybridized carbons (Fsp3) is 0.600. The summed E-state index contributed by atoms with van der Waals surface area (Å²) < 4.78 is 10.6. The lowest BCUT2D eigenvalue weighted by Gasteiger charge is -2.28. The van der Waals surface area contributed by atoms with Gasteiger partial charge in [0.1, 0.15) is 11.6 Å². The molecular weight excluding hydrogens is 332 g/mol. The van der Waals surface area contributed by atoms with Crippen LogP contribution in [0.2, 0.25) is 0 Å². The van der Waals surface area contributed by atoms with Crippen molar-refractivity contribution in [1.29, 1.82) is 0 Å². The third-order valence-corrected chi connectivity index (χ3v) is 3.68. The summed E-state index contributed by atoms with van der Waals surface area (Å²) >= 11 is 0. The highest BCUT2D eigenvalue weighted by Gasteiger charge is 2.30. The van der Waals surface area contributed by atoms with E-state index in [9.17, 15) is 9.59 Å². The molecule has 1 aromatic rings. The summed E-state index contributed by atoms with van der Waals surface area (Å²) in [4.78, 5) is 24.7. The number of alkyl carbamates (subject to hydrolysis) is 1. The standard InChI is InChI=1S/C20H32N2O4/c1-13(2)25-18(23)17(22-19(24)26-20(4,5)6)12-16(14(3)21)15-10-8-7-9-11-15/h7-11,13-14,16-17H,12,21H2,1-6H3,(H,22,24)/t14-,16?,17-/m1/s1. The van der Waals surface area contributed by atoms with Gasteiger partial charge in [0.2, 0.25) is 0 Å². The topological polar surface area (TPSA) is 90.6 Å². The van der Waals surface area contributed by atoms with Gasteiger partial charge < -0.3 is 20.5 Å². The maximum atomic E-state index is 12.5. The number of nitrogens with one attached hydrogen (secondary N) is 1. The minimum atomic E-state index is -0.844. The van der Waals surface area contributed by atoms with E-state index in [1.54, 1.807) is 34.6 Å². The van der Waals surface area contributed by atoms with Crippen LogP contribution in [0.15, 0.2) is 30.3 Å². The van der Waals surface area contributed by atoms with Gasteiger partial charge in [0, 0.05) is 12.0 Å². The van der Waals surface area contributed by atoms with Crippen LogP contribution in [0, 0.1) is 0 Å². The van der Waals surface area contributed by atoms with Gasteiger partial charge >= 0.3 is 12.1 Å². The van der Waals surface area contributed by atoms with Crippen molar-refractivity contribution in [3.8, 4) is 0 Å². The van der Waals surface area contributed by atoms with Crippen molar-refractivity contribution < 1.29 is 19.1 Å². The number of hydrogen-bond donors (Lipinski definition) is 2. The van der Waals surface area contributed by atoms with Crippen LogP contribution in [0.5, 0.6) is 0 Å². The van der Waals surface area contributed by atoms with Crippen molar-refractivity contribution in [2.75, 3.05) is 0 Å². The van der Waals surface area contributed by atoms with Gasteiger partial charge in [0.05, 0.1) is 6.10 Å². The molecule has 0 aromatic heterocycles. The maximum absolute atomic E-state index is 12.5. The van der Waals surface area contributed by atoms with Crippen molar-refractivity contribution in [3.63, 3.8) is 0 Å². The number of carbonyl (C=O) groups excluding carboxylic acids is 2. The Bertz CT molecular complexity index is 579.